The van der Waals surface area contributed by atoms with Crippen LogP contribution in [-0.2, 0) is 16.1 Å². The summed E-state index contributed by atoms with van der Waals surface area (Å²) >= 11 is 0. The molecule has 3 aromatic rings. The van der Waals surface area contributed by atoms with Crippen LogP contribution in [0.15, 0.2) is 60.8 Å². The molecule has 0 spiro atoms. The first-order valence-corrected chi connectivity index (χ1v) is 11.9. The highest BCUT2D eigenvalue weighted by Gasteiger charge is 2.39. The first-order chi connectivity index (χ1) is 16.6. The molecule has 0 bridgehead atoms. The van der Waals surface area contributed by atoms with Crippen molar-refractivity contribution in [1.82, 2.24) is 14.5 Å². The minimum absolute atomic E-state index is 0.126. The number of hydrogen-bond acceptors (Lipinski definition) is 4. The van der Waals surface area contributed by atoms with Crippen molar-refractivity contribution in [2.75, 3.05) is 26.8 Å². The van der Waals surface area contributed by atoms with Gasteiger partial charge >= 0.3 is 0 Å². The molecule has 0 aliphatic carbocycles. The lowest BCUT2D eigenvalue weighted by Gasteiger charge is -2.40. The molecule has 35 heavy (non-hydrogen) atoms. The molecule has 0 radical (unpaired) electrons. The van der Waals surface area contributed by atoms with Gasteiger partial charge in [-0.2, -0.15) is 0 Å². The smallest absolute Gasteiger partial charge is 0.249 e. The molecule has 0 fully saturated rings. The fourth-order valence-corrected chi connectivity index (χ4v) is 4.26. The Morgan fingerprint density at radius 2 is 1.80 bits per heavy atom. The molecule has 0 aliphatic rings. The van der Waals surface area contributed by atoms with E-state index < -0.39 is 17.6 Å². The number of aromatic nitrogens is 2. The molecule has 3 rings (SSSR count). The lowest BCUT2D eigenvalue weighted by atomic mass is 9.84. The van der Waals surface area contributed by atoms with Gasteiger partial charge in [0.15, 0.2) is 0 Å². The van der Waals surface area contributed by atoms with E-state index in [1.807, 2.05) is 64.2 Å². The molecule has 6 nitrogen and oxygen atoms in total. The van der Waals surface area contributed by atoms with Crippen molar-refractivity contribution in [1.29, 1.82) is 0 Å². The van der Waals surface area contributed by atoms with Crippen molar-refractivity contribution in [2.24, 2.45) is 11.1 Å². The van der Waals surface area contributed by atoms with Crippen molar-refractivity contribution < 1.29 is 13.9 Å². The average Bonchev–Trinajstić information content (AvgIpc) is 3.21. The van der Waals surface area contributed by atoms with Gasteiger partial charge in [-0.1, -0.05) is 80.9 Å². The van der Waals surface area contributed by atoms with Crippen LogP contribution in [0.2, 0.25) is 0 Å². The summed E-state index contributed by atoms with van der Waals surface area (Å²) in [6.45, 7) is 8.29. The largest absolute Gasteiger partial charge is 0.375 e. The minimum Gasteiger partial charge on any atom is -0.375 e. The highest BCUT2D eigenvalue weighted by Crippen LogP contribution is 2.39. The first-order valence-electron chi connectivity index (χ1n) is 11.9. The average molecular weight is 481 g/mol. The van der Waals surface area contributed by atoms with Crippen LogP contribution in [0.1, 0.15) is 43.8 Å². The van der Waals surface area contributed by atoms with Gasteiger partial charge in [0.25, 0.3) is 0 Å². The van der Waals surface area contributed by atoms with Gasteiger partial charge in [0.05, 0.1) is 18.3 Å². The Kier molecular flexibility index (Phi) is 8.81. The number of ether oxygens (including phenoxy) is 1. The van der Waals surface area contributed by atoms with Gasteiger partial charge in [0.1, 0.15) is 18.6 Å². The molecule has 1 amide bonds. The third kappa shape index (κ3) is 6.77. The van der Waals surface area contributed by atoms with Crippen molar-refractivity contribution >= 4 is 5.91 Å². The zero-order valence-electron chi connectivity index (χ0n) is 21.4. The minimum atomic E-state index is -1.35. The fraction of sp³-hybridized carbons (Fsp3) is 0.429. The maximum absolute atomic E-state index is 14.6. The number of aryl methyl sites for hydroxylation is 1. The molecule has 188 valence electrons. The molecule has 7 heteroatoms. The van der Waals surface area contributed by atoms with Crippen LogP contribution in [0, 0.1) is 12.3 Å². The Bertz CT molecular complexity index is 1090. The number of methoxy groups -OCH3 is 1. The number of amides is 1. The number of imidazole rings is 1. The van der Waals surface area contributed by atoms with Gasteiger partial charge in [-0.25, -0.2) is 9.37 Å². The van der Waals surface area contributed by atoms with Crippen LogP contribution >= 0.6 is 0 Å². The van der Waals surface area contributed by atoms with Gasteiger partial charge in [-0.3, -0.25) is 4.79 Å². The summed E-state index contributed by atoms with van der Waals surface area (Å²) in [5.41, 5.74) is 9.22. The first kappa shape index (κ1) is 26.6. The summed E-state index contributed by atoms with van der Waals surface area (Å²) in [6, 6.07) is 17.8. The van der Waals surface area contributed by atoms with Crippen molar-refractivity contribution in [3.8, 4) is 11.3 Å². The number of benzene rings is 2. The van der Waals surface area contributed by atoms with E-state index in [0.717, 1.165) is 22.4 Å². The molecule has 1 aromatic heterocycles. The maximum atomic E-state index is 14.6. The number of alkyl halides is 1. The standard InChI is InChI=1S/C28H37FN4O2/c1-20-11-13-22(14-12-20)24-18-32(16-21-9-7-6-8-10-21)27(31-24)26(28(2,3)4)33(17-23(29)15-30)25(34)19-35-5/h6-14,18,23,26H,15-17,19,30H2,1-5H3/t23-,26-/m0/s1. The quantitative estimate of drug-likeness (QED) is 0.454. The Hall–Kier alpha value is -3.03. The van der Waals surface area contributed by atoms with Crippen molar-refractivity contribution in [2.45, 2.75) is 46.5 Å². The van der Waals surface area contributed by atoms with Crippen LogP contribution in [0.5, 0.6) is 0 Å². The van der Waals surface area contributed by atoms with E-state index in [1.165, 1.54) is 7.11 Å². The van der Waals surface area contributed by atoms with E-state index in [1.54, 1.807) is 4.90 Å². The number of carbonyl (C=O) groups is 1. The van der Waals surface area contributed by atoms with Crippen LogP contribution in [0.4, 0.5) is 4.39 Å². The molecule has 1 heterocycles. The highest BCUT2D eigenvalue weighted by atomic mass is 19.1. The van der Waals surface area contributed by atoms with Crippen LogP contribution in [-0.4, -0.2) is 53.3 Å². The van der Waals surface area contributed by atoms with Gasteiger partial charge in [-0.15, -0.1) is 0 Å². The van der Waals surface area contributed by atoms with E-state index in [4.69, 9.17) is 15.5 Å². The van der Waals surface area contributed by atoms with Crippen LogP contribution in [0.25, 0.3) is 11.3 Å². The molecular weight excluding hydrogens is 443 g/mol. The van der Waals surface area contributed by atoms with E-state index >= 15 is 0 Å². The monoisotopic (exact) mass is 480 g/mol. The van der Waals surface area contributed by atoms with E-state index in [-0.39, 0.29) is 25.6 Å². The third-order valence-corrected chi connectivity index (χ3v) is 5.97. The van der Waals surface area contributed by atoms with E-state index in [9.17, 15) is 9.18 Å². The lowest BCUT2D eigenvalue weighted by Crippen LogP contribution is -2.47. The molecule has 0 unspecified atom stereocenters. The summed E-state index contributed by atoms with van der Waals surface area (Å²) in [5.74, 6) is 0.403. The SMILES string of the molecule is COCC(=O)N(C[C@@H](F)CN)[C@@H](c1nc(-c2ccc(C)cc2)cn1Cc1ccccc1)C(C)(C)C. The second kappa shape index (κ2) is 11.6. The predicted molar refractivity (Wildman–Crippen MR) is 138 cm³/mol. The van der Waals surface area contributed by atoms with Gasteiger partial charge in [0, 0.05) is 32.0 Å². The number of nitrogens with zero attached hydrogens (tertiary/aromatic N) is 3. The molecule has 2 atom stereocenters. The summed E-state index contributed by atoms with van der Waals surface area (Å²) in [7, 11) is 1.46. The molecule has 2 aromatic carbocycles. The molecule has 0 saturated carbocycles. The fourth-order valence-electron chi connectivity index (χ4n) is 4.26. The highest BCUT2D eigenvalue weighted by molar-refractivity contribution is 5.78. The van der Waals surface area contributed by atoms with Crippen LogP contribution < -0.4 is 5.73 Å². The number of hydrogen-bond donors (Lipinski definition) is 1. The van der Waals surface area contributed by atoms with E-state index in [2.05, 4.69) is 28.8 Å². The van der Waals surface area contributed by atoms with Gasteiger partial charge < -0.3 is 19.9 Å². The Balaban J connectivity index is 2.17. The topological polar surface area (TPSA) is 73.4 Å². The second-order valence-corrected chi connectivity index (χ2v) is 10.0. The lowest BCUT2D eigenvalue weighted by molar-refractivity contribution is -0.141. The summed E-state index contributed by atoms with van der Waals surface area (Å²) in [6.07, 6.45) is 0.662. The maximum Gasteiger partial charge on any atom is 0.249 e. The Morgan fingerprint density at radius 1 is 1.14 bits per heavy atom. The van der Waals surface area contributed by atoms with Gasteiger partial charge in [0.2, 0.25) is 5.91 Å². The molecule has 0 aliphatic heterocycles. The second-order valence-electron chi connectivity index (χ2n) is 10.0. The molecule has 0 saturated heterocycles. The molecular formula is C28H37FN4O2. The van der Waals surface area contributed by atoms with Crippen molar-refractivity contribution in [3.63, 3.8) is 0 Å². The zero-order valence-corrected chi connectivity index (χ0v) is 21.4. The summed E-state index contributed by atoms with van der Waals surface area (Å²) in [4.78, 5) is 19.8. The number of nitrogens with two attached hydrogens (primary N) is 1. The van der Waals surface area contributed by atoms with Crippen molar-refractivity contribution in [3.05, 3.63) is 77.7 Å². The molecule has 2 N–H and O–H groups in total. The number of halogens is 1. The Morgan fingerprint density at radius 3 is 2.37 bits per heavy atom. The predicted octanol–water partition coefficient (Wildman–Crippen LogP) is 4.77. The normalized spacial score (nSPS) is 13.5. The van der Waals surface area contributed by atoms with E-state index in [0.29, 0.717) is 12.4 Å². The summed E-state index contributed by atoms with van der Waals surface area (Å²) in [5, 5.41) is 0. The Labute approximate surface area is 207 Å². The third-order valence-electron chi connectivity index (χ3n) is 5.97. The van der Waals surface area contributed by atoms with Gasteiger partial charge in [-0.05, 0) is 17.9 Å². The zero-order chi connectivity index (χ0) is 25.6. The van der Waals surface area contributed by atoms with Crippen LogP contribution in [0.3, 0.4) is 0 Å². The number of carbonyl (C=O) groups excluding carboxylic acids is 1. The summed E-state index contributed by atoms with van der Waals surface area (Å²) < 4.78 is 21.8. The number of rotatable bonds is 10.